The molecule has 6 heteroatoms. The zero-order valence-corrected chi connectivity index (χ0v) is 16.4. The van der Waals surface area contributed by atoms with Crippen LogP contribution >= 0.6 is 11.6 Å². The molecule has 0 aliphatic heterocycles. The summed E-state index contributed by atoms with van der Waals surface area (Å²) >= 11 is 6.11. The molecular weight excluding hydrogens is 391 g/mol. The minimum Gasteiger partial charge on any atom is -0.489 e. The van der Waals surface area contributed by atoms with E-state index >= 15 is 0 Å². The number of aliphatic hydroxyl groups excluding tert-OH is 1. The van der Waals surface area contributed by atoms with Gasteiger partial charge in [0.05, 0.1) is 22.6 Å². The van der Waals surface area contributed by atoms with Crippen LogP contribution in [0, 0.1) is 5.82 Å². The molecule has 1 heterocycles. The normalized spacial score (nSPS) is 12.2. The largest absolute Gasteiger partial charge is 0.489 e. The topological polar surface area (TPSA) is 47.3 Å². The van der Waals surface area contributed by atoms with Crippen LogP contribution in [0.25, 0.3) is 11.0 Å². The summed E-state index contributed by atoms with van der Waals surface area (Å²) in [5.41, 5.74) is 2.73. The number of nitrogens with zero attached hydrogens (tertiary/aromatic N) is 2. The molecule has 0 spiro atoms. The van der Waals surface area contributed by atoms with Crippen molar-refractivity contribution in [2.24, 2.45) is 0 Å². The van der Waals surface area contributed by atoms with E-state index in [-0.39, 0.29) is 12.4 Å². The predicted octanol–water partition coefficient (Wildman–Crippen LogP) is 4.86. The molecule has 4 nitrogen and oxygen atoms in total. The van der Waals surface area contributed by atoms with Gasteiger partial charge in [-0.15, -0.1) is 0 Å². The maximum atomic E-state index is 13.2. The summed E-state index contributed by atoms with van der Waals surface area (Å²) in [5.74, 6) is 1.07. The van der Waals surface area contributed by atoms with E-state index in [2.05, 4.69) is 0 Å². The van der Waals surface area contributed by atoms with E-state index in [1.54, 1.807) is 24.3 Å². The van der Waals surface area contributed by atoms with Crippen molar-refractivity contribution in [3.05, 3.63) is 95.0 Å². The van der Waals surface area contributed by atoms with Crippen LogP contribution in [0.4, 0.5) is 4.39 Å². The third kappa shape index (κ3) is 4.58. The van der Waals surface area contributed by atoms with Gasteiger partial charge in [-0.1, -0.05) is 48.0 Å². The Kier molecular flexibility index (Phi) is 5.79. The lowest BCUT2D eigenvalue weighted by Crippen LogP contribution is -2.24. The van der Waals surface area contributed by atoms with Crippen LogP contribution in [0.1, 0.15) is 11.4 Å². The second-order valence-corrected chi connectivity index (χ2v) is 7.23. The number of para-hydroxylation sites is 3. The van der Waals surface area contributed by atoms with Crippen LogP contribution in [-0.2, 0) is 13.0 Å². The number of fused-ring (bicyclic) bond motifs is 1. The van der Waals surface area contributed by atoms with Gasteiger partial charge in [-0.25, -0.2) is 9.37 Å². The van der Waals surface area contributed by atoms with Gasteiger partial charge < -0.3 is 14.4 Å². The molecule has 29 heavy (non-hydrogen) atoms. The zero-order chi connectivity index (χ0) is 20.2. The third-order valence-electron chi connectivity index (χ3n) is 4.67. The average Bonchev–Trinajstić information content (AvgIpc) is 3.06. The summed E-state index contributed by atoms with van der Waals surface area (Å²) in [5, 5.41) is 11.1. The van der Waals surface area contributed by atoms with Crippen molar-refractivity contribution in [3.8, 4) is 5.75 Å². The van der Waals surface area contributed by atoms with Crippen LogP contribution in [0.2, 0.25) is 5.02 Å². The van der Waals surface area contributed by atoms with Crippen molar-refractivity contribution in [1.82, 2.24) is 9.55 Å². The molecule has 0 saturated heterocycles. The average molecular weight is 411 g/mol. The van der Waals surface area contributed by atoms with Gasteiger partial charge in [0, 0.05) is 6.42 Å². The van der Waals surface area contributed by atoms with Crippen LogP contribution < -0.4 is 4.74 Å². The van der Waals surface area contributed by atoms with Gasteiger partial charge in [-0.3, -0.25) is 0 Å². The first-order valence-corrected chi connectivity index (χ1v) is 9.72. The summed E-state index contributed by atoms with van der Waals surface area (Å²) in [4.78, 5) is 4.71. The number of halogens is 2. The number of hydrogen-bond acceptors (Lipinski definition) is 3. The second kappa shape index (κ2) is 8.64. The number of ether oxygens (including phenoxy) is 1. The highest BCUT2D eigenvalue weighted by atomic mass is 35.5. The van der Waals surface area contributed by atoms with Crippen LogP contribution in [0.15, 0.2) is 72.8 Å². The van der Waals surface area contributed by atoms with E-state index in [1.807, 2.05) is 41.0 Å². The number of hydrogen-bond donors (Lipinski definition) is 1. The second-order valence-electron chi connectivity index (χ2n) is 6.83. The molecule has 0 fully saturated rings. The summed E-state index contributed by atoms with van der Waals surface area (Å²) < 4.78 is 20.9. The Labute approximate surface area is 173 Å². The van der Waals surface area contributed by atoms with E-state index < -0.39 is 6.10 Å². The Morgan fingerprint density at radius 1 is 1.00 bits per heavy atom. The molecule has 1 unspecified atom stereocenters. The highest BCUT2D eigenvalue weighted by Crippen LogP contribution is 2.24. The van der Waals surface area contributed by atoms with Crippen LogP contribution in [-0.4, -0.2) is 27.4 Å². The van der Waals surface area contributed by atoms with E-state index in [0.717, 1.165) is 22.4 Å². The van der Waals surface area contributed by atoms with Crippen molar-refractivity contribution >= 4 is 22.6 Å². The summed E-state index contributed by atoms with van der Waals surface area (Å²) in [7, 11) is 0. The minimum absolute atomic E-state index is 0.103. The number of aliphatic hydroxyl groups is 1. The van der Waals surface area contributed by atoms with Gasteiger partial charge in [0.15, 0.2) is 0 Å². The summed E-state index contributed by atoms with van der Waals surface area (Å²) in [6, 6.07) is 21.3. The molecule has 1 N–H and O–H groups in total. The number of rotatable bonds is 7. The summed E-state index contributed by atoms with van der Waals surface area (Å²) in [6.07, 6.45) is -0.219. The molecule has 0 aliphatic carbocycles. The first-order valence-electron chi connectivity index (χ1n) is 9.34. The van der Waals surface area contributed by atoms with Gasteiger partial charge in [0.1, 0.15) is 30.1 Å². The molecule has 0 saturated carbocycles. The standard InChI is InChI=1S/C23H20ClFN2O2/c24-19-5-1-4-8-22(19)29-15-18(28)14-27-21-7-3-2-6-20(21)26-23(27)13-16-9-11-17(25)12-10-16/h1-12,18,28H,13-15H2. The highest BCUT2D eigenvalue weighted by molar-refractivity contribution is 6.32. The van der Waals surface area contributed by atoms with E-state index in [1.165, 1.54) is 12.1 Å². The molecule has 0 aliphatic rings. The van der Waals surface area contributed by atoms with E-state index in [9.17, 15) is 9.50 Å². The first kappa shape index (κ1) is 19.4. The van der Waals surface area contributed by atoms with Gasteiger partial charge in [-0.05, 0) is 42.0 Å². The van der Waals surface area contributed by atoms with Crippen molar-refractivity contribution < 1.29 is 14.2 Å². The molecule has 148 valence electrons. The zero-order valence-electron chi connectivity index (χ0n) is 15.6. The number of aromatic nitrogens is 2. The summed E-state index contributed by atoms with van der Waals surface area (Å²) in [6.45, 7) is 0.424. The third-order valence-corrected chi connectivity index (χ3v) is 4.98. The first-order chi connectivity index (χ1) is 14.1. The van der Waals surface area contributed by atoms with Gasteiger partial charge in [-0.2, -0.15) is 0 Å². The minimum atomic E-state index is -0.754. The fourth-order valence-electron chi connectivity index (χ4n) is 3.26. The van der Waals surface area contributed by atoms with Crippen molar-refractivity contribution in [1.29, 1.82) is 0 Å². The van der Waals surface area contributed by atoms with Crippen molar-refractivity contribution in [3.63, 3.8) is 0 Å². The van der Waals surface area contributed by atoms with Gasteiger partial charge in [0.2, 0.25) is 0 Å². The molecule has 0 bridgehead atoms. The molecule has 1 aromatic heterocycles. The lowest BCUT2D eigenvalue weighted by molar-refractivity contribution is 0.0928. The monoisotopic (exact) mass is 410 g/mol. The molecule has 4 aromatic rings. The van der Waals surface area contributed by atoms with Crippen molar-refractivity contribution in [2.45, 2.75) is 19.1 Å². The van der Waals surface area contributed by atoms with Crippen molar-refractivity contribution in [2.75, 3.05) is 6.61 Å². The molecule has 0 radical (unpaired) electrons. The van der Waals surface area contributed by atoms with E-state index in [4.69, 9.17) is 21.3 Å². The Balaban J connectivity index is 1.55. The smallest absolute Gasteiger partial charge is 0.138 e. The molecule has 3 aromatic carbocycles. The predicted molar refractivity (Wildman–Crippen MR) is 112 cm³/mol. The quantitative estimate of drug-likeness (QED) is 0.473. The molecule has 0 amide bonds. The number of imidazole rings is 1. The van der Waals surface area contributed by atoms with Crippen LogP contribution in [0.5, 0.6) is 5.75 Å². The molecule has 1 atom stereocenters. The van der Waals surface area contributed by atoms with E-state index in [0.29, 0.717) is 23.7 Å². The lowest BCUT2D eigenvalue weighted by Gasteiger charge is -2.16. The highest BCUT2D eigenvalue weighted by Gasteiger charge is 2.15. The SMILES string of the molecule is OC(COc1ccccc1Cl)Cn1c(Cc2ccc(F)cc2)nc2ccccc21. The number of benzene rings is 3. The Hall–Kier alpha value is -2.89. The fourth-order valence-corrected chi connectivity index (χ4v) is 3.45. The Bertz CT molecular complexity index is 1110. The fraction of sp³-hybridized carbons (Fsp3) is 0.174. The lowest BCUT2D eigenvalue weighted by atomic mass is 10.1. The van der Waals surface area contributed by atoms with Gasteiger partial charge >= 0.3 is 0 Å². The Morgan fingerprint density at radius 3 is 2.52 bits per heavy atom. The molecular formula is C23H20ClFN2O2. The Morgan fingerprint density at radius 2 is 1.72 bits per heavy atom. The molecule has 4 rings (SSSR count). The maximum Gasteiger partial charge on any atom is 0.138 e. The van der Waals surface area contributed by atoms with Crippen LogP contribution in [0.3, 0.4) is 0 Å². The van der Waals surface area contributed by atoms with Gasteiger partial charge in [0.25, 0.3) is 0 Å². The maximum absolute atomic E-state index is 13.2.